The number of aromatic hydroxyl groups is 1. The van der Waals surface area contributed by atoms with Crippen LogP contribution >= 0.6 is 0 Å². The number of phenols is 1. The van der Waals surface area contributed by atoms with E-state index in [-0.39, 0.29) is 5.41 Å². The maximum atomic E-state index is 9.95. The first-order chi connectivity index (χ1) is 8.49. The summed E-state index contributed by atoms with van der Waals surface area (Å²) in [6.45, 7) is 6.61. The summed E-state index contributed by atoms with van der Waals surface area (Å²) in [4.78, 5) is 0. The van der Waals surface area contributed by atoms with Crippen molar-refractivity contribution in [3.8, 4) is 5.75 Å². The van der Waals surface area contributed by atoms with Gasteiger partial charge in [-0.05, 0) is 71.2 Å². The van der Waals surface area contributed by atoms with Crippen LogP contribution in [-0.2, 0) is 11.8 Å². The molecular formula is C17H20O. The average Bonchev–Trinajstić information content (AvgIpc) is 2.30. The smallest absolute Gasteiger partial charge is 0.119 e. The van der Waals surface area contributed by atoms with Gasteiger partial charge in [0, 0.05) is 0 Å². The number of rotatable bonds is 0. The van der Waals surface area contributed by atoms with E-state index in [0.717, 1.165) is 12.0 Å². The summed E-state index contributed by atoms with van der Waals surface area (Å²) in [5, 5.41) is 12.4. The molecule has 0 amide bonds. The molecule has 0 saturated heterocycles. The Morgan fingerprint density at radius 1 is 1.17 bits per heavy atom. The van der Waals surface area contributed by atoms with E-state index in [2.05, 4.69) is 32.0 Å². The van der Waals surface area contributed by atoms with Crippen molar-refractivity contribution in [1.29, 1.82) is 0 Å². The fraction of sp³-hybridized carbons (Fsp3) is 0.412. The third kappa shape index (κ3) is 1.61. The molecular weight excluding hydrogens is 220 g/mol. The summed E-state index contributed by atoms with van der Waals surface area (Å²) >= 11 is 0. The fourth-order valence-electron chi connectivity index (χ4n) is 3.28. The Labute approximate surface area is 108 Å². The van der Waals surface area contributed by atoms with Crippen molar-refractivity contribution in [3.63, 3.8) is 0 Å². The van der Waals surface area contributed by atoms with Gasteiger partial charge in [-0.3, -0.25) is 0 Å². The van der Waals surface area contributed by atoms with E-state index in [0.29, 0.717) is 5.75 Å². The van der Waals surface area contributed by atoms with Crippen LogP contribution in [0.3, 0.4) is 0 Å². The van der Waals surface area contributed by atoms with Crippen molar-refractivity contribution >= 4 is 10.8 Å². The van der Waals surface area contributed by atoms with Crippen LogP contribution in [0.2, 0.25) is 0 Å². The van der Waals surface area contributed by atoms with E-state index in [1.807, 2.05) is 13.0 Å². The molecule has 0 unspecified atom stereocenters. The van der Waals surface area contributed by atoms with E-state index in [1.165, 1.54) is 34.7 Å². The Balaban J connectivity index is 2.35. The summed E-state index contributed by atoms with van der Waals surface area (Å²) in [7, 11) is 0. The van der Waals surface area contributed by atoms with Gasteiger partial charge in [0.1, 0.15) is 5.75 Å². The second-order valence-electron chi connectivity index (χ2n) is 6.19. The van der Waals surface area contributed by atoms with Crippen LogP contribution in [0.1, 0.15) is 43.4 Å². The molecule has 1 aliphatic carbocycles. The Morgan fingerprint density at radius 2 is 1.94 bits per heavy atom. The van der Waals surface area contributed by atoms with E-state index >= 15 is 0 Å². The summed E-state index contributed by atoms with van der Waals surface area (Å²) < 4.78 is 0. The molecule has 1 nitrogen and oxygen atoms in total. The molecule has 1 N–H and O–H groups in total. The van der Waals surface area contributed by atoms with E-state index in [9.17, 15) is 5.11 Å². The molecule has 2 aromatic carbocycles. The van der Waals surface area contributed by atoms with Crippen molar-refractivity contribution in [3.05, 3.63) is 41.0 Å². The molecule has 0 heterocycles. The van der Waals surface area contributed by atoms with Gasteiger partial charge in [0.25, 0.3) is 0 Å². The monoisotopic (exact) mass is 240 g/mol. The highest BCUT2D eigenvalue weighted by molar-refractivity contribution is 5.89. The van der Waals surface area contributed by atoms with Crippen molar-refractivity contribution in [2.45, 2.75) is 45.4 Å². The minimum absolute atomic E-state index is 0.266. The highest BCUT2D eigenvalue weighted by Crippen LogP contribution is 2.40. The van der Waals surface area contributed by atoms with Crippen molar-refractivity contribution in [1.82, 2.24) is 0 Å². The average molecular weight is 240 g/mol. The van der Waals surface area contributed by atoms with E-state index in [4.69, 9.17) is 0 Å². The Hall–Kier alpha value is -1.50. The zero-order valence-corrected chi connectivity index (χ0v) is 11.4. The van der Waals surface area contributed by atoms with Gasteiger partial charge < -0.3 is 5.11 Å². The zero-order chi connectivity index (χ0) is 12.9. The first-order valence-corrected chi connectivity index (χ1v) is 6.75. The molecule has 0 saturated carbocycles. The number of aryl methyl sites for hydroxylation is 2. The first-order valence-electron chi connectivity index (χ1n) is 6.75. The molecule has 3 rings (SSSR count). The SMILES string of the molecule is Cc1cc2ccc3c(c2cc1O)CCCC3(C)C. The van der Waals surface area contributed by atoms with Gasteiger partial charge in [0.05, 0.1) is 0 Å². The molecule has 94 valence electrons. The van der Waals surface area contributed by atoms with Gasteiger partial charge in [-0.1, -0.05) is 26.0 Å². The van der Waals surface area contributed by atoms with Crippen LogP contribution in [0.15, 0.2) is 24.3 Å². The summed E-state index contributed by atoms with van der Waals surface area (Å²) in [6, 6.07) is 8.53. The largest absolute Gasteiger partial charge is 0.508 e. The minimum Gasteiger partial charge on any atom is -0.508 e. The third-order valence-electron chi connectivity index (χ3n) is 4.41. The number of hydrogen-bond donors (Lipinski definition) is 1. The standard InChI is InChI=1S/C17H20O/c1-11-9-12-6-7-15-13(14(12)10-16(11)18)5-4-8-17(15,2)3/h6-7,9-10,18H,4-5,8H2,1-3H3. The predicted octanol–water partition coefficient (Wildman–Crippen LogP) is 4.47. The minimum atomic E-state index is 0.266. The molecule has 0 radical (unpaired) electrons. The highest BCUT2D eigenvalue weighted by atomic mass is 16.3. The third-order valence-corrected chi connectivity index (χ3v) is 4.41. The number of benzene rings is 2. The van der Waals surface area contributed by atoms with Crippen LogP contribution < -0.4 is 0 Å². The van der Waals surface area contributed by atoms with Crippen molar-refractivity contribution < 1.29 is 5.11 Å². The van der Waals surface area contributed by atoms with Crippen LogP contribution in [0, 0.1) is 6.92 Å². The highest BCUT2D eigenvalue weighted by Gasteiger charge is 2.28. The molecule has 0 fully saturated rings. The lowest BCUT2D eigenvalue weighted by Crippen LogP contribution is -2.23. The molecule has 18 heavy (non-hydrogen) atoms. The van der Waals surface area contributed by atoms with Gasteiger partial charge in [-0.2, -0.15) is 0 Å². The van der Waals surface area contributed by atoms with Crippen molar-refractivity contribution in [2.75, 3.05) is 0 Å². The Bertz CT molecular complexity index is 623. The fourth-order valence-corrected chi connectivity index (χ4v) is 3.28. The maximum absolute atomic E-state index is 9.95. The maximum Gasteiger partial charge on any atom is 0.119 e. The van der Waals surface area contributed by atoms with Crippen LogP contribution in [0.5, 0.6) is 5.75 Å². The molecule has 1 aliphatic rings. The number of fused-ring (bicyclic) bond motifs is 3. The quantitative estimate of drug-likeness (QED) is 0.720. The Kier molecular flexibility index (Phi) is 2.41. The second-order valence-corrected chi connectivity index (χ2v) is 6.19. The molecule has 0 bridgehead atoms. The molecule has 2 aromatic rings. The summed E-state index contributed by atoms with van der Waals surface area (Å²) in [6.07, 6.45) is 3.63. The lowest BCUT2D eigenvalue weighted by molar-refractivity contribution is 0.433. The number of hydrogen-bond acceptors (Lipinski definition) is 1. The van der Waals surface area contributed by atoms with Gasteiger partial charge in [-0.15, -0.1) is 0 Å². The summed E-state index contributed by atoms with van der Waals surface area (Å²) in [5.41, 5.74) is 4.13. The lowest BCUT2D eigenvalue weighted by atomic mass is 9.71. The van der Waals surface area contributed by atoms with Gasteiger partial charge in [-0.25, -0.2) is 0 Å². The van der Waals surface area contributed by atoms with Gasteiger partial charge in [0.15, 0.2) is 0 Å². The van der Waals surface area contributed by atoms with Crippen LogP contribution in [0.4, 0.5) is 0 Å². The van der Waals surface area contributed by atoms with Gasteiger partial charge in [0.2, 0.25) is 0 Å². The van der Waals surface area contributed by atoms with Crippen molar-refractivity contribution in [2.24, 2.45) is 0 Å². The second kappa shape index (κ2) is 3.74. The molecule has 1 heteroatoms. The van der Waals surface area contributed by atoms with E-state index < -0.39 is 0 Å². The van der Waals surface area contributed by atoms with E-state index in [1.54, 1.807) is 0 Å². The molecule has 0 aliphatic heterocycles. The molecule has 0 spiro atoms. The molecule has 0 aromatic heterocycles. The normalized spacial score (nSPS) is 17.7. The van der Waals surface area contributed by atoms with Gasteiger partial charge >= 0.3 is 0 Å². The topological polar surface area (TPSA) is 20.2 Å². The zero-order valence-electron chi connectivity index (χ0n) is 11.4. The number of phenolic OH excluding ortho intramolecular Hbond substituents is 1. The first kappa shape index (κ1) is 11.6. The van der Waals surface area contributed by atoms with Crippen LogP contribution in [0.25, 0.3) is 10.8 Å². The van der Waals surface area contributed by atoms with Crippen LogP contribution in [-0.4, -0.2) is 5.11 Å². The lowest BCUT2D eigenvalue weighted by Gasteiger charge is -2.33. The Morgan fingerprint density at radius 3 is 2.72 bits per heavy atom. The predicted molar refractivity (Wildman–Crippen MR) is 76.3 cm³/mol. The summed E-state index contributed by atoms with van der Waals surface area (Å²) in [5.74, 6) is 0.416. The molecule has 0 atom stereocenters.